The first-order chi connectivity index (χ1) is 22.4. The summed E-state index contributed by atoms with van der Waals surface area (Å²) in [5.74, 6) is -11.3. The number of hydrogen-bond donors (Lipinski definition) is 8. The van der Waals surface area contributed by atoms with E-state index in [1.165, 1.54) is 24.3 Å². The number of benzene rings is 4. The van der Waals surface area contributed by atoms with Gasteiger partial charge >= 0.3 is 47.8 Å². The Morgan fingerprint density at radius 2 is 0.583 bits per heavy atom. The molecule has 4 rings (SSSR count). The second kappa shape index (κ2) is 14.2. The van der Waals surface area contributed by atoms with E-state index >= 15 is 0 Å². The van der Waals surface area contributed by atoms with Gasteiger partial charge in [0.15, 0.2) is 0 Å². The van der Waals surface area contributed by atoms with Crippen molar-refractivity contribution in [3.8, 4) is 22.3 Å². The second-order valence-corrected chi connectivity index (χ2v) is 9.48. The van der Waals surface area contributed by atoms with Crippen molar-refractivity contribution < 1.29 is 79.2 Å². The Morgan fingerprint density at radius 1 is 0.292 bits per heavy atom. The monoisotopic (exact) mass is 660 g/mol. The van der Waals surface area contributed by atoms with Crippen molar-refractivity contribution in [2.75, 3.05) is 0 Å². The quantitative estimate of drug-likeness (QED) is 0.118. The third-order valence-corrected chi connectivity index (χ3v) is 6.58. The molecule has 0 aromatic heterocycles. The lowest BCUT2D eigenvalue weighted by molar-refractivity contribution is 0.0651. The lowest BCUT2D eigenvalue weighted by Gasteiger charge is -2.11. The molecule has 0 saturated carbocycles. The summed E-state index contributed by atoms with van der Waals surface area (Å²) < 4.78 is 0. The molecule has 0 aliphatic carbocycles. The molecular formula is C32H20O16. The third-order valence-electron chi connectivity index (χ3n) is 6.58. The number of rotatable bonds is 10. The fourth-order valence-corrected chi connectivity index (χ4v) is 4.35. The van der Waals surface area contributed by atoms with Gasteiger partial charge in [0.1, 0.15) is 0 Å². The van der Waals surface area contributed by atoms with Crippen LogP contribution in [0.2, 0.25) is 0 Å². The van der Waals surface area contributed by atoms with Gasteiger partial charge in [0.25, 0.3) is 0 Å². The molecule has 0 amide bonds. The average Bonchev–Trinajstić information content (AvgIpc) is 3.03. The Balaban J connectivity index is 0.000000260. The van der Waals surface area contributed by atoms with Crippen LogP contribution >= 0.6 is 0 Å². The Labute approximate surface area is 266 Å². The standard InChI is InChI=1S/2C16H10O8/c17-13(18)7-1-3-9(11(5-7)15(21)22)10-4-2-8(14(19)20)6-12(10)16(23)24;17-13(18)9-3-1-7(5-11(9)15(21)22)8-2-4-10(14(19)20)12(6-8)16(23)24/h2*1-6H,(H,17,18)(H,19,20)(H,21,22)(H,23,24). The zero-order chi connectivity index (χ0) is 36.0. The van der Waals surface area contributed by atoms with Crippen LogP contribution in [0.3, 0.4) is 0 Å². The summed E-state index contributed by atoms with van der Waals surface area (Å²) >= 11 is 0. The van der Waals surface area contributed by atoms with Gasteiger partial charge < -0.3 is 40.9 Å². The zero-order valence-corrected chi connectivity index (χ0v) is 23.8. The fraction of sp³-hybridized carbons (Fsp3) is 0. The van der Waals surface area contributed by atoms with Crippen LogP contribution in [0, 0.1) is 0 Å². The maximum absolute atomic E-state index is 11.4. The molecule has 0 spiro atoms. The van der Waals surface area contributed by atoms with E-state index < -0.39 is 81.1 Å². The first-order valence-electron chi connectivity index (χ1n) is 12.9. The smallest absolute Gasteiger partial charge is 0.336 e. The van der Waals surface area contributed by atoms with Gasteiger partial charge in [0, 0.05) is 0 Å². The second-order valence-electron chi connectivity index (χ2n) is 9.48. The molecule has 8 N–H and O–H groups in total. The minimum Gasteiger partial charge on any atom is -0.478 e. The van der Waals surface area contributed by atoms with E-state index in [1.807, 2.05) is 0 Å². The summed E-state index contributed by atoms with van der Waals surface area (Å²) in [6.45, 7) is 0. The fourth-order valence-electron chi connectivity index (χ4n) is 4.35. The molecule has 0 radical (unpaired) electrons. The largest absolute Gasteiger partial charge is 0.478 e. The Kier molecular flexibility index (Phi) is 10.4. The van der Waals surface area contributed by atoms with Crippen molar-refractivity contribution in [1.82, 2.24) is 0 Å². The maximum atomic E-state index is 11.4. The third kappa shape index (κ3) is 7.64. The van der Waals surface area contributed by atoms with Crippen molar-refractivity contribution in [2.24, 2.45) is 0 Å². The molecule has 0 fully saturated rings. The van der Waals surface area contributed by atoms with E-state index in [0.29, 0.717) is 0 Å². The number of carboxylic acid groups (broad SMARTS) is 8. The first-order valence-corrected chi connectivity index (χ1v) is 12.9. The molecule has 244 valence electrons. The summed E-state index contributed by atoms with van der Waals surface area (Å²) in [5.41, 5.74) is -2.64. The van der Waals surface area contributed by atoms with Crippen LogP contribution in [0.15, 0.2) is 72.8 Å². The van der Waals surface area contributed by atoms with Crippen LogP contribution in [0.4, 0.5) is 0 Å². The van der Waals surface area contributed by atoms with Gasteiger partial charge in [-0.15, -0.1) is 0 Å². The molecule has 4 aromatic rings. The van der Waals surface area contributed by atoms with Gasteiger partial charge in [-0.3, -0.25) is 0 Å². The van der Waals surface area contributed by atoms with Crippen LogP contribution < -0.4 is 0 Å². The Hall–Kier alpha value is -7.36. The van der Waals surface area contributed by atoms with Crippen LogP contribution in [-0.2, 0) is 0 Å². The van der Waals surface area contributed by atoms with E-state index in [4.69, 9.17) is 30.6 Å². The number of aromatic carboxylic acids is 8. The normalized spacial score (nSPS) is 10.2. The van der Waals surface area contributed by atoms with Crippen molar-refractivity contribution in [1.29, 1.82) is 0 Å². The molecule has 0 aliphatic rings. The molecule has 16 nitrogen and oxygen atoms in total. The minimum absolute atomic E-state index is 0.0261. The van der Waals surface area contributed by atoms with E-state index in [2.05, 4.69) is 0 Å². The topological polar surface area (TPSA) is 298 Å². The average molecular weight is 660 g/mol. The molecule has 0 aliphatic heterocycles. The Morgan fingerprint density at radius 3 is 0.833 bits per heavy atom. The van der Waals surface area contributed by atoms with Gasteiger partial charge in [-0.25, -0.2) is 38.4 Å². The molecule has 0 bridgehead atoms. The SMILES string of the molecule is O=C(O)c1ccc(-c2ccc(C(=O)O)c(C(=O)O)c2)cc1C(=O)O.O=C(O)c1ccc(-c2ccc(C(=O)O)cc2C(=O)O)c(C(=O)O)c1. The van der Waals surface area contributed by atoms with E-state index in [9.17, 15) is 48.6 Å². The van der Waals surface area contributed by atoms with E-state index in [1.54, 1.807) is 0 Å². The van der Waals surface area contributed by atoms with E-state index in [-0.39, 0.29) is 33.4 Å². The zero-order valence-electron chi connectivity index (χ0n) is 23.8. The molecule has 0 saturated heterocycles. The summed E-state index contributed by atoms with van der Waals surface area (Å²) in [4.78, 5) is 89.2. The number of hydrogen-bond acceptors (Lipinski definition) is 8. The Bertz CT molecular complexity index is 1910. The highest BCUT2D eigenvalue weighted by Gasteiger charge is 2.22. The van der Waals surface area contributed by atoms with Crippen molar-refractivity contribution in [3.63, 3.8) is 0 Å². The van der Waals surface area contributed by atoms with Crippen LogP contribution in [0.1, 0.15) is 82.9 Å². The molecule has 0 heterocycles. The molecule has 0 atom stereocenters. The minimum atomic E-state index is -1.45. The summed E-state index contributed by atoms with van der Waals surface area (Å²) in [5, 5.41) is 72.6. The molecule has 4 aromatic carbocycles. The van der Waals surface area contributed by atoms with Crippen LogP contribution in [0.5, 0.6) is 0 Å². The maximum Gasteiger partial charge on any atom is 0.336 e. The van der Waals surface area contributed by atoms with Gasteiger partial charge in [0.05, 0.1) is 44.5 Å². The van der Waals surface area contributed by atoms with Gasteiger partial charge in [-0.05, 0) is 70.8 Å². The summed E-state index contributed by atoms with van der Waals surface area (Å²) in [6.07, 6.45) is 0. The van der Waals surface area contributed by atoms with Gasteiger partial charge in [-0.1, -0.05) is 24.3 Å². The lowest BCUT2D eigenvalue weighted by atomic mass is 9.92. The van der Waals surface area contributed by atoms with Crippen molar-refractivity contribution in [2.45, 2.75) is 0 Å². The highest BCUT2D eigenvalue weighted by Crippen LogP contribution is 2.30. The van der Waals surface area contributed by atoms with Crippen molar-refractivity contribution >= 4 is 47.8 Å². The summed E-state index contributed by atoms with van der Waals surface area (Å²) in [6, 6.07) is 13.5. The number of carboxylic acids is 8. The molecular weight excluding hydrogens is 640 g/mol. The predicted molar refractivity (Wildman–Crippen MR) is 159 cm³/mol. The highest BCUT2D eigenvalue weighted by molar-refractivity contribution is 6.06. The van der Waals surface area contributed by atoms with Crippen LogP contribution in [-0.4, -0.2) is 88.6 Å². The van der Waals surface area contributed by atoms with Crippen LogP contribution in [0.25, 0.3) is 22.3 Å². The van der Waals surface area contributed by atoms with Crippen molar-refractivity contribution in [3.05, 3.63) is 117 Å². The first kappa shape index (κ1) is 35.1. The molecule has 16 heteroatoms. The van der Waals surface area contributed by atoms with Gasteiger partial charge in [-0.2, -0.15) is 0 Å². The highest BCUT2D eigenvalue weighted by atomic mass is 16.4. The summed E-state index contributed by atoms with van der Waals surface area (Å²) in [7, 11) is 0. The lowest BCUT2D eigenvalue weighted by Crippen LogP contribution is -2.09. The van der Waals surface area contributed by atoms with Gasteiger partial charge in [0.2, 0.25) is 0 Å². The molecule has 48 heavy (non-hydrogen) atoms. The molecule has 0 unspecified atom stereocenters. The number of carbonyl (C=O) groups is 8. The predicted octanol–water partition coefficient (Wildman–Crippen LogP) is 4.29. The van der Waals surface area contributed by atoms with E-state index in [0.717, 1.165) is 48.5 Å².